The molecule has 0 aliphatic rings. The van der Waals surface area contributed by atoms with Gasteiger partial charge in [0.15, 0.2) is 5.13 Å². The Labute approximate surface area is 207 Å². The lowest BCUT2D eigenvalue weighted by Gasteiger charge is -2.13. The molecule has 0 atom stereocenters. The minimum Gasteiger partial charge on any atom is -0.318 e. The van der Waals surface area contributed by atoms with Crippen molar-refractivity contribution in [2.45, 2.75) is 20.0 Å². The Hall–Kier alpha value is -4.25. The second-order valence-corrected chi connectivity index (χ2v) is 8.70. The van der Waals surface area contributed by atoms with E-state index in [0.717, 1.165) is 23.4 Å². The zero-order valence-electron chi connectivity index (χ0n) is 19.0. The lowest BCUT2D eigenvalue weighted by Crippen LogP contribution is -2.07. The fraction of sp³-hybridized carbons (Fsp3) is 0.120. The molecule has 0 aliphatic carbocycles. The fourth-order valence-corrected chi connectivity index (χ4v) is 4.52. The molecule has 11 heteroatoms. The highest BCUT2D eigenvalue weighted by molar-refractivity contribution is 7.14. The van der Waals surface area contributed by atoms with E-state index < -0.39 is 22.6 Å². The van der Waals surface area contributed by atoms with Crippen molar-refractivity contribution >= 4 is 34.1 Å². The number of nitrogens with zero attached hydrogens (tertiary/aromatic N) is 3. The number of anilines is 1. The Bertz CT molecular complexity index is 1490. The average molecular weight is 513 g/mol. The van der Waals surface area contributed by atoms with Gasteiger partial charge in [-0.05, 0) is 50.3 Å². The first-order chi connectivity index (χ1) is 17.0. The van der Waals surface area contributed by atoms with Crippen LogP contribution in [0.2, 0.25) is 0 Å². The van der Waals surface area contributed by atoms with Crippen molar-refractivity contribution in [3.05, 3.63) is 98.7 Å². The Morgan fingerprint density at radius 1 is 1.14 bits per heavy atom. The van der Waals surface area contributed by atoms with Gasteiger partial charge < -0.3 is 4.57 Å². The van der Waals surface area contributed by atoms with Crippen molar-refractivity contribution in [1.29, 1.82) is 0 Å². The third kappa shape index (κ3) is 5.20. The van der Waals surface area contributed by atoms with Crippen LogP contribution in [0.15, 0.2) is 66.1 Å². The second-order valence-electron chi connectivity index (χ2n) is 7.84. The molecule has 4 aromatic rings. The van der Waals surface area contributed by atoms with Crippen LogP contribution in [0.25, 0.3) is 23.0 Å². The summed E-state index contributed by atoms with van der Waals surface area (Å²) >= 11 is 1.18. The maximum Gasteiger partial charge on any atom is 0.416 e. The maximum atomic E-state index is 13.2. The van der Waals surface area contributed by atoms with Gasteiger partial charge in [-0.1, -0.05) is 18.2 Å². The Morgan fingerprint density at radius 3 is 2.61 bits per heavy atom. The number of amides is 1. The first-order valence-electron chi connectivity index (χ1n) is 10.6. The zero-order valence-corrected chi connectivity index (χ0v) is 19.9. The molecular weight excluding hydrogens is 493 g/mol. The predicted octanol–water partition coefficient (Wildman–Crippen LogP) is 6.80. The molecule has 0 unspecified atom stereocenters. The quantitative estimate of drug-likeness (QED) is 0.175. The molecule has 0 radical (unpaired) electrons. The van der Waals surface area contributed by atoms with Crippen molar-refractivity contribution in [3.63, 3.8) is 0 Å². The number of hydrogen-bond donors (Lipinski definition) is 1. The van der Waals surface area contributed by atoms with Crippen molar-refractivity contribution < 1.29 is 22.9 Å². The summed E-state index contributed by atoms with van der Waals surface area (Å²) in [6, 6.07) is 13.0. The predicted molar refractivity (Wildman–Crippen MR) is 132 cm³/mol. The molecule has 7 nitrogen and oxygen atoms in total. The van der Waals surface area contributed by atoms with Gasteiger partial charge in [-0.25, -0.2) is 4.98 Å². The molecule has 2 aromatic heterocycles. The zero-order chi connectivity index (χ0) is 26.0. The van der Waals surface area contributed by atoms with Gasteiger partial charge in [0.2, 0.25) is 5.91 Å². The normalized spacial score (nSPS) is 11.7. The summed E-state index contributed by atoms with van der Waals surface area (Å²) in [5.41, 5.74) is 2.53. The van der Waals surface area contributed by atoms with E-state index in [9.17, 15) is 28.1 Å². The molecular formula is C25H19F3N4O3S. The molecule has 2 aromatic carbocycles. The monoisotopic (exact) mass is 512 g/mol. The maximum absolute atomic E-state index is 13.2. The molecule has 0 spiro atoms. The number of aryl methyl sites for hydroxylation is 1. The van der Waals surface area contributed by atoms with E-state index in [1.54, 1.807) is 35.9 Å². The van der Waals surface area contributed by atoms with Crippen molar-refractivity contribution in [2.24, 2.45) is 0 Å². The average Bonchev–Trinajstić information content (AvgIpc) is 3.40. The number of benzene rings is 2. The van der Waals surface area contributed by atoms with Crippen molar-refractivity contribution in [2.75, 3.05) is 5.32 Å². The number of carbonyl (C=O) groups is 1. The van der Waals surface area contributed by atoms with Crippen LogP contribution >= 0.6 is 11.3 Å². The van der Waals surface area contributed by atoms with Crippen LogP contribution in [-0.2, 0) is 11.0 Å². The second kappa shape index (κ2) is 9.78. The SMILES string of the molecule is Cc1cc(-c2csc(NC(=O)C=Cc3ccccc3[N+](=O)[O-])n2)c(C)n1-c1cccc(C(F)(F)F)c1. The summed E-state index contributed by atoms with van der Waals surface area (Å²) in [5.74, 6) is -0.511. The van der Waals surface area contributed by atoms with Crippen molar-refractivity contribution in [1.82, 2.24) is 9.55 Å². The first kappa shape index (κ1) is 24.9. The fourth-order valence-electron chi connectivity index (χ4n) is 3.80. The summed E-state index contributed by atoms with van der Waals surface area (Å²) in [6.07, 6.45) is -1.91. The van der Waals surface area contributed by atoms with Gasteiger partial charge in [0.1, 0.15) is 0 Å². The molecule has 0 fully saturated rings. The van der Waals surface area contributed by atoms with E-state index in [1.807, 2.05) is 6.07 Å². The number of halogens is 3. The number of thiazole rings is 1. The van der Waals surface area contributed by atoms with Gasteiger partial charge in [0.05, 0.1) is 21.7 Å². The molecule has 184 valence electrons. The van der Waals surface area contributed by atoms with E-state index in [1.165, 1.54) is 47.8 Å². The molecule has 4 rings (SSSR count). The van der Waals surface area contributed by atoms with Crippen LogP contribution < -0.4 is 5.32 Å². The van der Waals surface area contributed by atoms with E-state index in [-0.39, 0.29) is 5.69 Å². The van der Waals surface area contributed by atoms with E-state index in [0.29, 0.717) is 27.8 Å². The van der Waals surface area contributed by atoms with Gasteiger partial charge in [-0.2, -0.15) is 13.2 Å². The smallest absolute Gasteiger partial charge is 0.318 e. The standard InChI is InChI=1S/C25H19F3N4O3S/c1-15-12-20(16(2)31(15)19-8-5-7-18(13-19)25(26,27)28)21-14-36-24(29-21)30-23(33)11-10-17-6-3-4-9-22(17)32(34)35/h3-14H,1-2H3,(H,29,30,33). The topological polar surface area (TPSA) is 90.1 Å². The molecule has 0 aliphatic heterocycles. The number of rotatable bonds is 6. The van der Waals surface area contributed by atoms with Gasteiger partial charge in [-0.15, -0.1) is 11.3 Å². The van der Waals surface area contributed by atoms with Crippen LogP contribution in [-0.4, -0.2) is 20.4 Å². The molecule has 1 N–H and O–H groups in total. The number of nitrogens with one attached hydrogen (secondary N) is 1. The largest absolute Gasteiger partial charge is 0.416 e. The summed E-state index contributed by atoms with van der Waals surface area (Å²) in [4.78, 5) is 27.4. The van der Waals surface area contributed by atoms with Crippen LogP contribution in [0.5, 0.6) is 0 Å². The molecule has 0 saturated carbocycles. The highest BCUT2D eigenvalue weighted by Crippen LogP contribution is 2.34. The number of para-hydroxylation sites is 1. The van der Waals surface area contributed by atoms with E-state index in [2.05, 4.69) is 10.3 Å². The summed E-state index contributed by atoms with van der Waals surface area (Å²) in [5, 5.41) is 15.8. The minimum atomic E-state index is -4.45. The number of hydrogen-bond acceptors (Lipinski definition) is 5. The van der Waals surface area contributed by atoms with Crippen LogP contribution in [0.3, 0.4) is 0 Å². The van der Waals surface area contributed by atoms with Gasteiger partial charge >= 0.3 is 6.18 Å². The number of alkyl halides is 3. The minimum absolute atomic E-state index is 0.116. The van der Waals surface area contributed by atoms with Gasteiger partial charge in [-0.3, -0.25) is 20.2 Å². The van der Waals surface area contributed by atoms with E-state index in [4.69, 9.17) is 0 Å². The van der Waals surface area contributed by atoms with E-state index >= 15 is 0 Å². The molecule has 36 heavy (non-hydrogen) atoms. The Morgan fingerprint density at radius 2 is 1.89 bits per heavy atom. The highest BCUT2D eigenvalue weighted by Gasteiger charge is 2.30. The molecule has 0 saturated heterocycles. The van der Waals surface area contributed by atoms with Crippen LogP contribution in [0.1, 0.15) is 22.5 Å². The third-order valence-corrected chi connectivity index (χ3v) is 6.18. The van der Waals surface area contributed by atoms with Gasteiger partial charge in [0.25, 0.3) is 5.69 Å². The third-order valence-electron chi connectivity index (χ3n) is 5.42. The highest BCUT2D eigenvalue weighted by atomic mass is 32.1. The van der Waals surface area contributed by atoms with Crippen molar-refractivity contribution in [3.8, 4) is 16.9 Å². The summed E-state index contributed by atoms with van der Waals surface area (Å²) in [7, 11) is 0. The lowest BCUT2D eigenvalue weighted by atomic mass is 10.1. The molecule has 1 amide bonds. The molecule has 2 heterocycles. The number of aromatic nitrogens is 2. The summed E-state index contributed by atoms with van der Waals surface area (Å²) < 4.78 is 41.3. The lowest BCUT2D eigenvalue weighted by molar-refractivity contribution is -0.385. The number of nitro groups is 1. The Balaban J connectivity index is 1.55. The van der Waals surface area contributed by atoms with Crippen LogP contribution in [0.4, 0.5) is 24.0 Å². The number of carbonyl (C=O) groups excluding carboxylic acids is 1. The van der Waals surface area contributed by atoms with Gasteiger partial charge in [0, 0.05) is 40.2 Å². The van der Waals surface area contributed by atoms with Crippen LogP contribution in [0, 0.1) is 24.0 Å². The molecule has 0 bridgehead atoms. The first-order valence-corrected chi connectivity index (χ1v) is 11.5. The number of nitro benzene ring substituents is 1. The Kier molecular flexibility index (Phi) is 6.75. The summed E-state index contributed by atoms with van der Waals surface area (Å²) in [6.45, 7) is 3.58.